The summed E-state index contributed by atoms with van der Waals surface area (Å²) in [6, 6.07) is 8.28. The first-order valence-electron chi connectivity index (χ1n) is 5.39. The van der Waals surface area contributed by atoms with Crippen LogP contribution >= 0.6 is 11.3 Å². The second kappa shape index (κ2) is 6.93. The summed E-state index contributed by atoms with van der Waals surface area (Å²) in [4.78, 5) is 6.84. The van der Waals surface area contributed by atoms with Crippen molar-refractivity contribution in [3.8, 4) is 0 Å². The number of nitrogens with zero attached hydrogens (tertiary/aromatic N) is 2. The Kier molecular flexibility index (Phi) is 6.21. The predicted molar refractivity (Wildman–Crippen MR) is 67.9 cm³/mol. The standard InChI is InChI=1S/C13H15N2S.Yb/c1-4-11-7-5-6-8-12(11)14-13-15(3)9-10(2)16-13;/h5-8H,4H2,1-3H3;/q-1;. The normalized spacial score (nSPS) is 11.4. The third-order valence-electron chi connectivity index (χ3n) is 2.45. The van der Waals surface area contributed by atoms with Crippen LogP contribution < -0.4 is 4.80 Å². The van der Waals surface area contributed by atoms with Gasteiger partial charge in [0.25, 0.3) is 0 Å². The Morgan fingerprint density at radius 2 is 2.06 bits per heavy atom. The molecule has 0 saturated heterocycles. The van der Waals surface area contributed by atoms with E-state index >= 15 is 0 Å². The number of para-hydroxylation sites is 1. The second-order valence-electron chi connectivity index (χ2n) is 3.71. The van der Waals surface area contributed by atoms with Crippen molar-refractivity contribution in [3.05, 3.63) is 45.7 Å². The fraction of sp³-hybridized carbons (Fsp3) is 0.308. The summed E-state index contributed by atoms with van der Waals surface area (Å²) in [6.45, 7) is 4.20. The first-order valence-corrected chi connectivity index (χ1v) is 6.20. The first kappa shape index (κ1) is 15.2. The van der Waals surface area contributed by atoms with Gasteiger partial charge in [-0.2, -0.15) is 6.20 Å². The number of rotatable bonds is 2. The van der Waals surface area contributed by atoms with Gasteiger partial charge in [0, 0.05) is 57.4 Å². The molecular weight excluding hydrogens is 389 g/mol. The topological polar surface area (TPSA) is 17.3 Å². The van der Waals surface area contributed by atoms with Crippen molar-refractivity contribution in [2.45, 2.75) is 20.3 Å². The third-order valence-corrected chi connectivity index (χ3v) is 3.39. The zero-order chi connectivity index (χ0) is 11.5. The first-order chi connectivity index (χ1) is 7.70. The summed E-state index contributed by atoms with van der Waals surface area (Å²) in [5.41, 5.74) is 2.35. The molecule has 0 saturated carbocycles. The monoisotopic (exact) mass is 405 g/mol. The van der Waals surface area contributed by atoms with Gasteiger partial charge in [0.2, 0.25) is 0 Å². The van der Waals surface area contributed by atoms with E-state index in [1.54, 1.807) is 11.3 Å². The zero-order valence-electron chi connectivity index (χ0n) is 10.1. The largest absolute Gasteiger partial charge is 0.490 e. The Hall–Kier alpha value is 0.169. The minimum absolute atomic E-state index is 0. The molecule has 1 heterocycles. The van der Waals surface area contributed by atoms with Gasteiger partial charge >= 0.3 is 0 Å². The van der Waals surface area contributed by atoms with Crippen LogP contribution in [0.1, 0.15) is 17.4 Å². The van der Waals surface area contributed by atoms with E-state index in [1.165, 1.54) is 5.56 Å². The van der Waals surface area contributed by atoms with Gasteiger partial charge < -0.3 is 9.56 Å². The molecule has 0 amide bonds. The maximum absolute atomic E-state index is 4.68. The van der Waals surface area contributed by atoms with E-state index < -0.39 is 0 Å². The van der Waals surface area contributed by atoms with Gasteiger partial charge in [-0.05, 0) is 32.0 Å². The molecule has 2 aromatic rings. The molecule has 2 rings (SSSR count). The summed E-state index contributed by atoms with van der Waals surface area (Å²) >= 11 is 1.67. The second-order valence-corrected chi connectivity index (χ2v) is 4.89. The van der Waals surface area contributed by atoms with Crippen LogP contribution in [-0.2, 0) is 13.5 Å². The number of benzene rings is 1. The molecule has 1 aromatic carbocycles. The van der Waals surface area contributed by atoms with Crippen LogP contribution in [0.25, 0.3) is 0 Å². The van der Waals surface area contributed by atoms with Gasteiger partial charge in [-0.3, -0.25) is 0 Å². The number of aromatic nitrogens is 1. The molecule has 0 radical (unpaired) electrons. The van der Waals surface area contributed by atoms with Crippen molar-refractivity contribution in [2.24, 2.45) is 12.0 Å². The van der Waals surface area contributed by atoms with Gasteiger partial charge in [-0.1, -0.05) is 30.0 Å². The average Bonchev–Trinajstić information content (AvgIpc) is 2.58. The van der Waals surface area contributed by atoms with E-state index in [0.29, 0.717) is 0 Å². The van der Waals surface area contributed by atoms with Crippen LogP contribution in [0.15, 0.2) is 29.3 Å². The molecule has 98 valence electrons. The van der Waals surface area contributed by atoms with Crippen molar-refractivity contribution >= 4 is 17.0 Å². The molecule has 0 atom stereocenters. The molecule has 0 aliphatic carbocycles. The van der Waals surface area contributed by atoms with Crippen LogP contribution in [0, 0.1) is 60.0 Å². The minimum Gasteiger partial charge on any atom is -0.490 e. The quantitative estimate of drug-likeness (QED) is 0.685. The molecule has 4 heteroatoms. The Morgan fingerprint density at radius 1 is 1.35 bits per heavy atom. The average molecular weight is 404 g/mol. The van der Waals surface area contributed by atoms with E-state index in [2.05, 4.69) is 43.2 Å². The van der Waals surface area contributed by atoms with Gasteiger partial charge in [0.15, 0.2) is 0 Å². The fourth-order valence-corrected chi connectivity index (χ4v) is 2.41. The number of hydrogen-bond donors (Lipinski definition) is 0. The molecule has 0 aliphatic heterocycles. The molecule has 0 spiro atoms. The van der Waals surface area contributed by atoms with Crippen molar-refractivity contribution in [1.82, 2.24) is 4.57 Å². The Bertz CT molecular complexity index is 555. The summed E-state index contributed by atoms with van der Waals surface area (Å²) < 4.78 is 1.95. The Morgan fingerprint density at radius 3 is 2.65 bits per heavy atom. The summed E-state index contributed by atoms with van der Waals surface area (Å²) in [7, 11) is 1.98. The van der Waals surface area contributed by atoms with E-state index in [-0.39, 0.29) is 46.9 Å². The summed E-state index contributed by atoms with van der Waals surface area (Å²) in [5.74, 6) is 0. The molecule has 2 nitrogen and oxygen atoms in total. The van der Waals surface area contributed by atoms with Crippen LogP contribution in [-0.4, -0.2) is 4.57 Å². The van der Waals surface area contributed by atoms with Crippen LogP contribution in [0.3, 0.4) is 0 Å². The van der Waals surface area contributed by atoms with Gasteiger partial charge in [-0.25, -0.2) is 11.3 Å². The van der Waals surface area contributed by atoms with Crippen molar-refractivity contribution in [3.63, 3.8) is 0 Å². The fourth-order valence-electron chi connectivity index (χ4n) is 1.63. The molecule has 0 bridgehead atoms. The zero-order valence-corrected chi connectivity index (χ0v) is 12.6. The van der Waals surface area contributed by atoms with Crippen molar-refractivity contribution < 1.29 is 46.9 Å². The van der Waals surface area contributed by atoms with Crippen LogP contribution in [0.4, 0.5) is 5.69 Å². The summed E-state index contributed by atoms with van der Waals surface area (Å²) in [6.07, 6.45) is 4.22. The summed E-state index contributed by atoms with van der Waals surface area (Å²) in [5, 5.41) is 0. The smallest absolute Gasteiger partial charge is 0.0480 e. The van der Waals surface area contributed by atoms with Crippen LogP contribution in [0.5, 0.6) is 0 Å². The molecule has 0 aliphatic rings. The molecule has 17 heavy (non-hydrogen) atoms. The van der Waals surface area contributed by atoms with Crippen LogP contribution in [0.2, 0.25) is 0 Å². The number of hydrogen-bond acceptors (Lipinski definition) is 2. The van der Waals surface area contributed by atoms with E-state index in [4.69, 9.17) is 0 Å². The molecular formula is C13H15N2SYb-. The molecule has 0 N–H and O–H groups in total. The maximum Gasteiger partial charge on any atom is 0.0480 e. The molecule has 1 aromatic heterocycles. The Labute approximate surface area is 145 Å². The van der Waals surface area contributed by atoms with E-state index in [9.17, 15) is 0 Å². The predicted octanol–water partition coefficient (Wildman–Crippen LogP) is 2.99. The van der Waals surface area contributed by atoms with Gasteiger partial charge in [0.05, 0.1) is 0 Å². The minimum atomic E-state index is 0. The van der Waals surface area contributed by atoms with Gasteiger partial charge in [0.1, 0.15) is 0 Å². The van der Waals surface area contributed by atoms with Gasteiger partial charge in [-0.15, -0.1) is 0 Å². The Balaban J connectivity index is 0.00000144. The number of aryl methyl sites for hydroxylation is 3. The maximum atomic E-state index is 4.68. The van der Waals surface area contributed by atoms with Crippen molar-refractivity contribution in [2.75, 3.05) is 0 Å². The van der Waals surface area contributed by atoms with E-state index in [0.717, 1.165) is 21.8 Å². The SMILES string of the molecule is CCc1ccccc1N=c1sc(C)[c-]n1C.[Yb]. The molecule has 0 unspecified atom stereocenters. The van der Waals surface area contributed by atoms with Crippen molar-refractivity contribution in [1.29, 1.82) is 0 Å². The molecule has 0 fully saturated rings. The number of thiazole rings is 1. The third kappa shape index (κ3) is 3.82. The van der Waals surface area contributed by atoms with E-state index in [1.807, 2.05) is 17.7 Å².